The molecule has 0 saturated carbocycles. The molecule has 0 aromatic heterocycles. The van der Waals surface area contributed by atoms with Gasteiger partial charge < -0.3 is 19.9 Å². The minimum atomic E-state index is -0.772. The highest BCUT2D eigenvalue weighted by Gasteiger charge is 2.30. The van der Waals surface area contributed by atoms with E-state index in [1.54, 1.807) is 0 Å². The molecule has 8 nitrogen and oxygen atoms in total. The van der Waals surface area contributed by atoms with Crippen molar-refractivity contribution in [3.63, 3.8) is 0 Å². The number of allylic oxidation sites excluding steroid dienone is 2. The first kappa shape index (κ1) is 23.7. The fourth-order valence-corrected chi connectivity index (χ4v) is 2.97. The number of methoxy groups -OCH3 is 1. The summed E-state index contributed by atoms with van der Waals surface area (Å²) in [7, 11) is 1.28. The van der Waals surface area contributed by atoms with Crippen LogP contribution in [0, 0.1) is 5.92 Å². The molecule has 1 aliphatic heterocycles. The Morgan fingerprint density at radius 1 is 1.18 bits per heavy atom. The Labute approximate surface area is 167 Å². The molecular formula is C20H33N3O5. The SMILES string of the molecule is COC(=O)CN1CCC/C=C\CCCN(C(C)=O)CC(=O)N[C@@H](C(C)C)C1=O. The minimum absolute atomic E-state index is 0.0907. The van der Waals surface area contributed by atoms with E-state index in [-0.39, 0.29) is 36.7 Å². The summed E-state index contributed by atoms with van der Waals surface area (Å²) in [6, 6.07) is -0.772. The molecule has 0 radical (unpaired) electrons. The predicted octanol–water partition coefficient (Wildman–Crippen LogP) is 1.11. The maximum Gasteiger partial charge on any atom is 0.325 e. The third-order valence-electron chi connectivity index (χ3n) is 4.65. The van der Waals surface area contributed by atoms with E-state index in [0.717, 1.165) is 19.3 Å². The van der Waals surface area contributed by atoms with Gasteiger partial charge in [-0.25, -0.2) is 0 Å². The molecule has 0 aromatic rings. The summed E-state index contributed by atoms with van der Waals surface area (Å²) in [5.74, 6) is -1.55. The van der Waals surface area contributed by atoms with Gasteiger partial charge in [-0.1, -0.05) is 26.0 Å². The van der Waals surface area contributed by atoms with Crippen molar-refractivity contribution in [3.05, 3.63) is 12.2 Å². The van der Waals surface area contributed by atoms with Crippen molar-refractivity contribution in [3.8, 4) is 0 Å². The van der Waals surface area contributed by atoms with Crippen LogP contribution in [0.5, 0.6) is 0 Å². The van der Waals surface area contributed by atoms with Gasteiger partial charge in [0.25, 0.3) is 0 Å². The number of esters is 1. The number of amides is 3. The molecule has 0 aromatic carbocycles. The maximum absolute atomic E-state index is 13.0. The Bertz CT molecular complexity index is 588. The van der Waals surface area contributed by atoms with E-state index in [2.05, 4.69) is 5.32 Å². The average molecular weight is 396 g/mol. The smallest absolute Gasteiger partial charge is 0.325 e. The number of hydrogen-bond acceptors (Lipinski definition) is 5. The molecule has 1 heterocycles. The summed E-state index contributed by atoms with van der Waals surface area (Å²) in [4.78, 5) is 52.0. The van der Waals surface area contributed by atoms with E-state index in [4.69, 9.17) is 4.74 Å². The van der Waals surface area contributed by atoms with Gasteiger partial charge in [0.2, 0.25) is 17.7 Å². The van der Waals surface area contributed by atoms with Crippen LogP contribution in [0.2, 0.25) is 0 Å². The zero-order valence-corrected chi connectivity index (χ0v) is 17.4. The van der Waals surface area contributed by atoms with Gasteiger partial charge in [0.15, 0.2) is 0 Å². The Morgan fingerprint density at radius 2 is 1.79 bits per heavy atom. The lowest BCUT2D eigenvalue weighted by molar-refractivity contribution is -0.148. The monoisotopic (exact) mass is 395 g/mol. The van der Waals surface area contributed by atoms with Crippen molar-refractivity contribution in [2.75, 3.05) is 33.3 Å². The van der Waals surface area contributed by atoms with E-state index in [1.165, 1.54) is 23.8 Å². The van der Waals surface area contributed by atoms with E-state index in [9.17, 15) is 19.2 Å². The first-order valence-corrected chi connectivity index (χ1v) is 9.81. The Kier molecular flexibility index (Phi) is 10.3. The standard InChI is InChI=1S/C20H33N3O5/c1-15(2)19-20(27)23(14-18(26)28-4)12-10-8-6-5-7-9-11-22(16(3)24)13-17(25)21-19/h5-6,15,19H,7-14H2,1-4H3,(H,21,25)/b6-5-/t19-/m0/s1. The number of nitrogens with one attached hydrogen (secondary N) is 1. The summed E-state index contributed by atoms with van der Waals surface area (Å²) in [5.41, 5.74) is 0. The van der Waals surface area contributed by atoms with Crippen LogP contribution in [0.15, 0.2) is 12.2 Å². The van der Waals surface area contributed by atoms with Crippen LogP contribution >= 0.6 is 0 Å². The summed E-state index contributed by atoms with van der Waals surface area (Å²) < 4.78 is 4.71. The third kappa shape index (κ3) is 8.10. The molecule has 0 fully saturated rings. The molecule has 158 valence electrons. The fraction of sp³-hybridized carbons (Fsp3) is 0.700. The van der Waals surface area contributed by atoms with E-state index >= 15 is 0 Å². The second kappa shape index (κ2) is 12.2. The van der Waals surface area contributed by atoms with Gasteiger partial charge in [0.1, 0.15) is 12.6 Å². The van der Waals surface area contributed by atoms with Crippen LogP contribution < -0.4 is 5.32 Å². The van der Waals surface area contributed by atoms with Crippen molar-refractivity contribution in [1.29, 1.82) is 0 Å². The Morgan fingerprint density at radius 3 is 2.32 bits per heavy atom. The van der Waals surface area contributed by atoms with Gasteiger partial charge in [-0.15, -0.1) is 0 Å². The lowest BCUT2D eigenvalue weighted by atomic mass is 10.0. The van der Waals surface area contributed by atoms with Crippen molar-refractivity contribution < 1.29 is 23.9 Å². The van der Waals surface area contributed by atoms with Gasteiger partial charge in [-0.2, -0.15) is 0 Å². The fourth-order valence-electron chi connectivity index (χ4n) is 2.97. The lowest BCUT2D eigenvalue weighted by Gasteiger charge is -2.30. The molecule has 0 unspecified atom stereocenters. The zero-order chi connectivity index (χ0) is 21.1. The van der Waals surface area contributed by atoms with Gasteiger partial charge in [-0.05, 0) is 31.6 Å². The van der Waals surface area contributed by atoms with Gasteiger partial charge in [-0.3, -0.25) is 19.2 Å². The van der Waals surface area contributed by atoms with Gasteiger partial charge >= 0.3 is 5.97 Å². The highest BCUT2D eigenvalue weighted by Crippen LogP contribution is 2.10. The minimum Gasteiger partial charge on any atom is -0.468 e. The molecule has 3 amide bonds. The molecule has 28 heavy (non-hydrogen) atoms. The summed E-state index contributed by atoms with van der Waals surface area (Å²) >= 11 is 0. The van der Waals surface area contributed by atoms with Crippen LogP contribution in [0.25, 0.3) is 0 Å². The molecule has 1 N–H and O–H groups in total. The van der Waals surface area contributed by atoms with Crippen molar-refractivity contribution in [2.45, 2.75) is 52.5 Å². The second-order valence-electron chi connectivity index (χ2n) is 7.32. The molecule has 0 bridgehead atoms. The Balaban J connectivity index is 3.04. The van der Waals surface area contributed by atoms with Crippen LogP contribution in [0.4, 0.5) is 0 Å². The third-order valence-corrected chi connectivity index (χ3v) is 4.65. The van der Waals surface area contributed by atoms with Crippen LogP contribution in [-0.2, 0) is 23.9 Å². The summed E-state index contributed by atoms with van der Waals surface area (Å²) in [5, 5.41) is 2.75. The molecule has 1 rings (SSSR count). The number of carbonyl (C=O) groups is 4. The molecule has 1 aliphatic rings. The molecule has 0 saturated heterocycles. The molecule has 0 aliphatic carbocycles. The predicted molar refractivity (Wildman–Crippen MR) is 105 cm³/mol. The largest absolute Gasteiger partial charge is 0.468 e. The summed E-state index contributed by atoms with van der Waals surface area (Å²) in [6.07, 6.45) is 7.15. The number of ether oxygens (including phenoxy) is 1. The van der Waals surface area contributed by atoms with E-state index < -0.39 is 12.0 Å². The first-order valence-electron chi connectivity index (χ1n) is 9.81. The normalized spacial score (nSPS) is 21.5. The molecule has 0 spiro atoms. The van der Waals surface area contributed by atoms with Crippen molar-refractivity contribution in [1.82, 2.24) is 15.1 Å². The number of nitrogens with zero attached hydrogens (tertiary/aromatic N) is 2. The van der Waals surface area contributed by atoms with E-state index in [0.29, 0.717) is 19.5 Å². The van der Waals surface area contributed by atoms with Crippen LogP contribution in [0.1, 0.15) is 46.5 Å². The molecule has 8 heteroatoms. The topological polar surface area (TPSA) is 96.0 Å². The van der Waals surface area contributed by atoms with Gasteiger partial charge in [0, 0.05) is 20.0 Å². The van der Waals surface area contributed by atoms with Crippen LogP contribution in [-0.4, -0.2) is 72.8 Å². The molecular weight excluding hydrogens is 362 g/mol. The van der Waals surface area contributed by atoms with Crippen molar-refractivity contribution >= 4 is 23.7 Å². The first-order chi connectivity index (χ1) is 13.3. The maximum atomic E-state index is 13.0. The lowest BCUT2D eigenvalue weighted by Crippen LogP contribution is -2.54. The molecule has 1 atom stereocenters. The number of hydrogen-bond donors (Lipinski definition) is 1. The van der Waals surface area contributed by atoms with E-state index in [1.807, 2.05) is 26.0 Å². The highest BCUT2D eigenvalue weighted by molar-refractivity contribution is 5.91. The van der Waals surface area contributed by atoms with Gasteiger partial charge in [0.05, 0.1) is 13.7 Å². The number of carbonyl (C=O) groups excluding carboxylic acids is 4. The highest BCUT2D eigenvalue weighted by atomic mass is 16.5. The van der Waals surface area contributed by atoms with Crippen molar-refractivity contribution in [2.24, 2.45) is 5.92 Å². The Hall–Kier alpha value is -2.38. The zero-order valence-electron chi connectivity index (χ0n) is 17.4. The average Bonchev–Trinajstić information content (AvgIpc) is 2.64. The quantitative estimate of drug-likeness (QED) is 0.570. The summed E-state index contributed by atoms with van der Waals surface area (Å²) in [6.45, 7) is 5.74. The second-order valence-corrected chi connectivity index (χ2v) is 7.32. The van der Waals surface area contributed by atoms with Crippen LogP contribution in [0.3, 0.4) is 0 Å². The number of rotatable bonds is 3.